The van der Waals surface area contributed by atoms with Crippen LogP contribution in [0.5, 0.6) is 0 Å². The monoisotopic (exact) mass is 243 g/mol. The maximum absolute atomic E-state index is 11.8. The summed E-state index contributed by atoms with van der Waals surface area (Å²) in [5.41, 5.74) is 6.72. The summed E-state index contributed by atoms with van der Waals surface area (Å²) in [6.07, 6.45) is 3.32. The van der Waals surface area contributed by atoms with E-state index in [1.165, 1.54) is 17.1 Å². The van der Waals surface area contributed by atoms with Gasteiger partial charge in [-0.2, -0.15) is 5.10 Å². The number of aromatic nitrogens is 2. The molecule has 5 heteroatoms. The number of ketones is 1. The molecule has 0 saturated carbocycles. The van der Waals surface area contributed by atoms with Crippen molar-refractivity contribution < 1.29 is 9.59 Å². The van der Waals surface area contributed by atoms with Crippen molar-refractivity contribution in [3.8, 4) is 5.69 Å². The topological polar surface area (TPSA) is 78.0 Å². The van der Waals surface area contributed by atoms with Crippen molar-refractivity contribution in [3.63, 3.8) is 0 Å². The predicted molar refractivity (Wildman–Crippen MR) is 66.7 cm³/mol. The van der Waals surface area contributed by atoms with Crippen molar-refractivity contribution in [1.82, 2.24) is 9.78 Å². The van der Waals surface area contributed by atoms with Crippen molar-refractivity contribution in [1.29, 1.82) is 0 Å². The summed E-state index contributed by atoms with van der Waals surface area (Å²) in [6.45, 7) is 1.80. The van der Waals surface area contributed by atoms with Gasteiger partial charge in [-0.1, -0.05) is 19.1 Å². The van der Waals surface area contributed by atoms with E-state index in [1.54, 1.807) is 25.1 Å². The zero-order valence-electron chi connectivity index (χ0n) is 9.96. The van der Waals surface area contributed by atoms with E-state index >= 15 is 0 Å². The largest absolute Gasteiger partial charge is 0.366 e. The van der Waals surface area contributed by atoms with Gasteiger partial charge in [0.2, 0.25) is 0 Å². The Morgan fingerprint density at radius 1 is 1.33 bits per heavy atom. The van der Waals surface area contributed by atoms with Crippen LogP contribution in [0.15, 0.2) is 36.7 Å². The first-order chi connectivity index (χ1) is 8.63. The zero-order chi connectivity index (χ0) is 13.1. The molecule has 0 bridgehead atoms. The third-order valence-corrected chi connectivity index (χ3v) is 2.64. The minimum Gasteiger partial charge on any atom is -0.366 e. The van der Waals surface area contributed by atoms with Crippen LogP contribution >= 0.6 is 0 Å². The summed E-state index contributed by atoms with van der Waals surface area (Å²) in [7, 11) is 0. The van der Waals surface area contributed by atoms with Gasteiger partial charge in [-0.3, -0.25) is 9.59 Å². The Morgan fingerprint density at radius 3 is 2.67 bits per heavy atom. The second-order valence-electron chi connectivity index (χ2n) is 3.83. The average Bonchev–Trinajstić information content (AvgIpc) is 2.87. The quantitative estimate of drug-likeness (QED) is 0.828. The summed E-state index contributed by atoms with van der Waals surface area (Å²) < 4.78 is 1.49. The first-order valence-corrected chi connectivity index (χ1v) is 5.60. The molecule has 2 N–H and O–H groups in total. The number of Topliss-reactive ketones (excluding diaryl/α,β-unsaturated/α-hetero) is 1. The van der Waals surface area contributed by atoms with E-state index in [9.17, 15) is 9.59 Å². The molecule has 1 aromatic carbocycles. The van der Waals surface area contributed by atoms with Crippen molar-refractivity contribution in [3.05, 3.63) is 47.8 Å². The predicted octanol–water partition coefficient (Wildman–Crippen LogP) is 1.56. The number of carbonyl (C=O) groups excluding carboxylic acids is 2. The van der Waals surface area contributed by atoms with Gasteiger partial charge in [0.05, 0.1) is 17.4 Å². The molecule has 0 radical (unpaired) electrons. The highest BCUT2D eigenvalue weighted by Crippen LogP contribution is 2.16. The fourth-order valence-corrected chi connectivity index (χ4v) is 1.68. The molecule has 1 aromatic heterocycles. The van der Waals surface area contributed by atoms with Crippen LogP contribution in [0, 0.1) is 0 Å². The van der Waals surface area contributed by atoms with Crippen molar-refractivity contribution in [2.45, 2.75) is 13.3 Å². The first kappa shape index (κ1) is 12.0. The van der Waals surface area contributed by atoms with Crippen LogP contribution in [0.1, 0.15) is 34.1 Å². The standard InChI is InChI=1S/C13H13N3O2/c1-2-12(17)10-5-3-4-6-11(10)16-8-9(7-15-16)13(14)18/h3-8H,2H2,1H3,(H2,14,18). The van der Waals surface area contributed by atoms with E-state index in [0.717, 1.165) is 0 Å². The summed E-state index contributed by atoms with van der Waals surface area (Å²) >= 11 is 0. The van der Waals surface area contributed by atoms with Gasteiger partial charge in [0.25, 0.3) is 5.91 Å². The first-order valence-electron chi connectivity index (χ1n) is 5.60. The van der Waals surface area contributed by atoms with Crippen molar-refractivity contribution in [2.24, 2.45) is 5.73 Å². The lowest BCUT2D eigenvalue weighted by molar-refractivity contribution is 0.0984. The minimum atomic E-state index is -0.541. The van der Waals surface area contributed by atoms with Gasteiger partial charge in [-0.15, -0.1) is 0 Å². The molecule has 2 aromatic rings. The van der Waals surface area contributed by atoms with E-state index in [-0.39, 0.29) is 5.78 Å². The van der Waals surface area contributed by atoms with Gasteiger partial charge in [-0.05, 0) is 12.1 Å². The highest BCUT2D eigenvalue weighted by molar-refractivity contribution is 5.99. The molecule has 2 rings (SSSR count). The fourth-order valence-electron chi connectivity index (χ4n) is 1.68. The molecule has 0 spiro atoms. The lowest BCUT2D eigenvalue weighted by Crippen LogP contribution is -2.10. The van der Waals surface area contributed by atoms with Gasteiger partial charge >= 0.3 is 0 Å². The number of hydrogen-bond donors (Lipinski definition) is 1. The number of primary amides is 1. The molecule has 0 atom stereocenters. The molecule has 0 aliphatic rings. The summed E-state index contributed by atoms with van der Waals surface area (Å²) in [5.74, 6) is -0.512. The number of nitrogens with zero attached hydrogens (tertiary/aromatic N) is 2. The number of nitrogens with two attached hydrogens (primary N) is 1. The third-order valence-electron chi connectivity index (χ3n) is 2.64. The number of hydrogen-bond acceptors (Lipinski definition) is 3. The van der Waals surface area contributed by atoms with Crippen LogP contribution in [-0.2, 0) is 0 Å². The van der Waals surface area contributed by atoms with E-state index < -0.39 is 5.91 Å². The van der Waals surface area contributed by atoms with Gasteiger partial charge in [0.15, 0.2) is 5.78 Å². The van der Waals surface area contributed by atoms with E-state index in [1.807, 2.05) is 6.07 Å². The SMILES string of the molecule is CCC(=O)c1ccccc1-n1cc(C(N)=O)cn1. The summed E-state index contributed by atoms with van der Waals surface area (Å²) in [4.78, 5) is 22.8. The summed E-state index contributed by atoms with van der Waals surface area (Å²) in [5, 5.41) is 4.05. The molecule has 1 amide bonds. The fraction of sp³-hybridized carbons (Fsp3) is 0.154. The third kappa shape index (κ3) is 2.15. The van der Waals surface area contributed by atoms with Crippen LogP contribution in [0.2, 0.25) is 0 Å². The van der Waals surface area contributed by atoms with Crippen LogP contribution in [0.3, 0.4) is 0 Å². The molecule has 0 saturated heterocycles. The Labute approximate surface area is 104 Å². The molecule has 0 aliphatic carbocycles. The average molecular weight is 243 g/mol. The molecular weight excluding hydrogens is 230 g/mol. The number of amides is 1. The lowest BCUT2D eigenvalue weighted by atomic mass is 10.1. The zero-order valence-corrected chi connectivity index (χ0v) is 9.96. The van der Waals surface area contributed by atoms with E-state index in [0.29, 0.717) is 23.2 Å². The molecule has 92 valence electrons. The lowest BCUT2D eigenvalue weighted by Gasteiger charge is -2.07. The normalized spacial score (nSPS) is 10.3. The number of para-hydroxylation sites is 1. The van der Waals surface area contributed by atoms with E-state index in [4.69, 9.17) is 5.73 Å². The van der Waals surface area contributed by atoms with Gasteiger partial charge in [0, 0.05) is 18.2 Å². The molecule has 18 heavy (non-hydrogen) atoms. The summed E-state index contributed by atoms with van der Waals surface area (Å²) in [6, 6.07) is 7.13. The smallest absolute Gasteiger partial charge is 0.251 e. The van der Waals surface area contributed by atoms with Crippen LogP contribution in [-0.4, -0.2) is 21.5 Å². The van der Waals surface area contributed by atoms with Gasteiger partial charge in [-0.25, -0.2) is 4.68 Å². The molecule has 5 nitrogen and oxygen atoms in total. The van der Waals surface area contributed by atoms with Crippen molar-refractivity contribution >= 4 is 11.7 Å². The molecule has 0 unspecified atom stereocenters. The Balaban J connectivity index is 2.49. The second kappa shape index (κ2) is 4.83. The highest BCUT2D eigenvalue weighted by atomic mass is 16.1. The maximum Gasteiger partial charge on any atom is 0.251 e. The molecule has 0 fully saturated rings. The van der Waals surface area contributed by atoms with E-state index in [2.05, 4.69) is 5.10 Å². The number of carbonyl (C=O) groups is 2. The second-order valence-corrected chi connectivity index (χ2v) is 3.83. The molecule has 1 heterocycles. The van der Waals surface area contributed by atoms with Crippen LogP contribution in [0.4, 0.5) is 0 Å². The Bertz CT molecular complexity index is 602. The van der Waals surface area contributed by atoms with Gasteiger partial charge < -0.3 is 5.73 Å². The molecular formula is C13H13N3O2. The Kier molecular flexibility index (Phi) is 3.23. The Hall–Kier alpha value is -2.43. The Morgan fingerprint density at radius 2 is 2.06 bits per heavy atom. The van der Waals surface area contributed by atoms with Crippen LogP contribution < -0.4 is 5.73 Å². The highest BCUT2D eigenvalue weighted by Gasteiger charge is 2.12. The van der Waals surface area contributed by atoms with Crippen LogP contribution in [0.25, 0.3) is 5.69 Å². The molecule has 0 aliphatic heterocycles. The number of rotatable bonds is 4. The number of benzene rings is 1. The minimum absolute atomic E-state index is 0.0294. The van der Waals surface area contributed by atoms with Gasteiger partial charge in [0.1, 0.15) is 0 Å². The van der Waals surface area contributed by atoms with Crippen molar-refractivity contribution in [2.75, 3.05) is 0 Å². The maximum atomic E-state index is 11.8.